The zero-order chi connectivity index (χ0) is 12.4. The quantitative estimate of drug-likeness (QED) is 0.685. The fourth-order valence-electron chi connectivity index (χ4n) is 2.59. The van der Waals surface area contributed by atoms with Gasteiger partial charge in [0.1, 0.15) is 0 Å². The first kappa shape index (κ1) is 12.3. The van der Waals surface area contributed by atoms with Crippen molar-refractivity contribution in [3.63, 3.8) is 0 Å². The molecular weight excluding hydrogens is 216 g/mol. The lowest BCUT2D eigenvalue weighted by molar-refractivity contribution is -0.137. The lowest BCUT2D eigenvalue weighted by atomic mass is 10.1. The van der Waals surface area contributed by atoms with E-state index in [4.69, 9.17) is 0 Å². The normalized spacial score (nSPS) is 23.4. The summed E-state index contributed by atoms with van der Waals surface area (Å²) in [6, 6.07) is 0. The Balaban J connectivity index is 1.84. The van der Waals surface area contributed by atoms with Crippen LogP contribution in [0.25, 0.3) is 0 Å². The summed E-state index contributed by atoms with van der Waals surface area (Å²) in [5.74, 6) is 0.0735. The van der Waals surface area contributed by atoms with Gasteiger partial charge >= 0.3 is 0 Å². The van der Waals surface area contributed by atoms with Gasteiger partial charge in [-0.25, -0.2) is 0 Å². The monoisotopic (exact) mass is 236 g/mol. The molecule has 0 bridgehead atoms. The maximum atomic E-state index is 11.7. The Hall–Kier alpha value is -1.16. The van der Waals surface area contributed by atoms with Crippen LogP contribution in [0, 0.1) is 5.92 Å². The number of nitrogens with zero attached hydrogens (tertiary/aromatic N) is 2. The summed E-state index contributed by atoms with van der Waals surface area (Å²) in [6.45, 7) is 7.64. The Labute approximate surface area is 102 Å². The zero-order valence-corrected chi connectivity index (χ0v) is 10.6. The second-order valence-corrected chi connectivity index (χ2v) is 5.19. The van der Waals surface area contributed by atoms with Gasteiger partial charge in [-0.05, 0) is 38.8 Å². The number of hydrogen-bond donors (Lipinski definition) is 0. The summed E-state index contributed by atoms with van der Waals surface area (Å²) >= 11 is 0. The number of rotatable bonds is 4. The second kappa shape index (κ2) is 5.00. The summed E-state index contributed by atoms with van der Waals surface area (Å²) in [6.07, 6.45) is 3.98. The highest BCUT2D eigenvalue weighted by Crippen LogP contribution is 2.16. The number of hydrogen-bond acceptors (Lipinski definition) is 3. The van der Waals surface area contributed by atoms with Crippen LogP contribution in [0.1, 0.15) is 26.7 Å². The smallest absolute Gasteiger partial charge is 0.256 e. The highest BCUT2D eigenvalue weighted by atomic mass is 16.2. The predicted molar refractivity (Wildman–Crippen MR) is 65.3 cm³/mol. The number of imide groups is 1. The number of likely N-dealkylation sites (tertiary alicyclic amines) is 1. The van der Waals surface area contributed by atoms with Crippen molar-refractivity contribution >= 4 is 11.8 Å². The van der Waals surface area contributed by atoms with Crippen LogP contribution in [0.5, 0.6) is 0 Å². The van der Waals surface area contributed by atoms with E-state index >= 15 is 0 Å². The van der Waals surface area contributed by atoms with Gasteiger partial charge in [0, 0.05) is 24.7 Å². The first-order chi connectivity index (χ1) is 8.08. The second-order valence-electron chi connectivity index (χ2n) is 5.19. The minimum atomic E-state index is -0.152. The summed E-state index contributed by atoms with van der Waals surface area (Å²) in [7, 11) is 0. The van der Waals surface area contributed by atoms with Gasteiger partial charge in [0.05, 0.1) is 0 Å². The van der Waals surface area contributed by atoms with Gasteiger partial charge in [-0.3, -0.25) is 14.5 Å². The molecule has 17 heavy (non-hydrogen) atoms. The third kappa shape index (κ3) is 2.75. The topological polar surface area (TPSA) is 40.6 Å². The van der Waals surface area contributed by atoms with Crippen molar-refractivity contribution in [2.75, 3.05) is 26.2 Å². The van der Waals surface area contributed by atoms with Crippen LogP contribution in [0.4, 0.5) is 0 Å². The van der Waals surface area contributed by atoms with E-state index in [1.54, 1.807) is 6.92 Å². The van der Waals surface area contributed by atoms with Crippen LogP contribution >= 0.6 is 0 Å². The van der Waals surface area contributed by atoms with Crippen LogP contribution in [-0.2, 0) is 9.59 Å². The first-order valence-corrected chi connectivity index (χ1v) is 6.34. The molecule has 2 heterocycles. The molecule has 0 aromatic rings. The van der Waals surface area contributed by atoms with Crippen LogP contribution in [0.2, 0.25) is 0 Å². The Morgan fingerprint density at radius 3 is 2.41 bits per heavy atom. The Bertz CT molecular complexity index is 356. The van der Waals surface area contributed by atoms with Gasteiger partial charge in [-0.15, -0.1) is 0 Å². The highest BCUT2D eigenvalue weighted by molar-refractivity contribution is 6.15. The summed E-state index contributed by atoms with van der Waals surface area (Å²) in [5.41, 5.74) is 0.559. The molecule has 2 amide bonds. The molecular formula is C13H20N2O2. The standard InChI is InChI=1S/C13H20N2O2/c1-10(8-14-5-3-4-6-14)9-15-12(16)7-11(2)13(15)17/h7,10H,3-6,8-9H2,1-2H3. The summed E-state index contributed by atoms with van der Waals surface area (Å²) < 4.78 is 0. The van der Waals surface area contributed by atoms with Crippen LogP contribution in [0.15, 0.2) is 11.6 Å². The Morgan fingerprint density at radius 1 is 1.24 bits per heavy atom. The van der Waals surface area contributed by atoms with Crippen molar-refractivity contribution in [3.8, 4) is 0 Å². The van der Waals surface area contributed by atoms with Crippen LogP contribution in [-0.4, -0.2) is 47.8 Å². The SMILES string of the molecule is CC1=CC(=O)N(CC(C)CN2CCCC2)C1=O. The van der Waals surface area contributed by atoms with E-state index in [9.17, 15) is 9.59 Å². The van der Waals surface area contributed by atoms with Crippen LogP contribution < -0.4 is 0 Å². The molecule has 0 aromatic carbocycles. The summed E-state index contributed by atoms with van der Waals surface area (Å²) in [4.78, 5) is 27.1. The molecule has 0 aromatic heterocycles. The van der Waals surface area contributed by atoms with Gasteiger partial charge in [-0.1, -0.05) is 6.92 Å². The van der Waals surface area contributed by atoms with E-state index in [2.05, 4.69) is 11.8 Å². The molecule has 1 unspecified atom stereocenters. The van der Waals surface area contributed by atoms with Gasteiger partial charge in [0.25, 0.3) is 11.8 Å². The van der Waals surface area contributed by atoms with E-state index in [1.165, 1.54) is 23.8 Å². The minimum absolute atomic E-state index is 0.122. The molecule has 1 atom stereocenters. The molecule has 2 rings (SSSR count). The lowest BCUT2D eigenvalue weighted by Crippen LogP contribution is -2.38. The Kier molecular flexibility index (Phi) is 3.62. The molecule has 0 spiro atoms. The minimum Gasteiger partial charge on any atom is -0.303 e. The van der Waals surface area contributed by atoms with Gasteiger partial charge < -0.3 is 4.90 Å². The Morgan fingerprint density at radius 2 is 1.88 bits per heavy atom. The molecule has 4 heteroatoms. The van der Waals surface area contributed by atoms with Crippen molar-refractivity contribution in [2.45, 2.75) is 26.7 Å². The molecule has 0 saturated carbocycles. The van der Waals surface area contributed by atoms with Crippen molar-refractivity contribution in [1.82, 2.24) is 9.80 Å². The molecule has 2 aliphatic rings. The van der Waals surface area contributed by atoms with E-state index in [-0.39, 0.29) is 11.8 Å². The molecule has 1 saturated heterocycles. The predicted octanol–water partition coefficient (Wildman–Crippen LogP) is 1.03. The van der Waals surface area contributed by atoms with Gasteiger partial charge in [0.15, 0.2) is 0 Å². The fourth-order valence-corrected chi connectivity index (χ4v) is 2.59. The maximum Gasteiger partial charge on any atom is 0.256 e. The number of carbonyl (C=O) groups is 2. The third-order valence-electron chi connectivity index (χ3n) is 3.45. The average Bonchev–Trinajstić information content (AvgIpc) is 2.83. The van der Waals surface area contributed by atoms with Crippen LogP contribution in [0.3, 0.4) is 0 Å². The highest BCUT2D eigenvalue weighted by Gasteiger charge is 2.29. The summed E-state index contributed by atoms with van der Waals surface area (Å²) in [5, 5.41) is 0. The van der Waals surface area contributed by atoms with Crippen molar-refractivity contribution in [1.29, 1.82) is 0 Å². The van der Waals surface area contributed by atoms with E-state index in [1.807, 2.05) is 0 Å². The zero-order valence-electron chi connectivity index (χ0n) is 10.6. The molecule has 1 fully saturated rings. The molecule has 0 aliphatic carbocycles. The van der Waals surface area contributed by atoms with Gasteiger partial charge in [-0.2, -0.15) is 0 Å². The number of carbonyl (C=O) groups excluding carboxylic acids is 2. The van der Waals surface area contributed by atoms with Crippen molar-refractivity contribution < 1.29 is 9.59 Å². The van der Waals surface area contributed by atoms with E-state index in [0.717, 1.165) is 19.6 Å². The molecule has 4 nitrogen and oxygen atoms in total. The molecule has 2 aliphatic heterocycles. The van der Waals surface area contributed by atoms with Crippen molar-refractivity contribution in [3.05, 3.63) is 11.6 Å². The maximum absolute atomic E-state index is 11.7. The third-order valence-corrected chi connectivity index (χ3v) is 3.45. The van der Waals surface area contributed by atoms with E-state index in [0.29, 0.717) is 18.0 Å². The largest absolute Gasteiger partial charge is 0.303 e. The van der Waals surface area contributed by atoms with E-state index < -0.39 is 0 Å². The van der Waals surface area contributed by atoms with Crippen molar-refractivity contribution in [2.24, 2.45) is 5.92 Å². The fraction of sp³-hybridized carbons (Fsp3) is 0.692. The lowest BCUT2D eigenvalue weighted by Gasteiger charge is -2.24. The molecule has 94 valence electrons. The molecule has 0 N–H and O–H groups in total. The average molecular weight is 236 g/mol. The van der Waals surface area contributed by atoms with Gasteiger partial charge in [0.2, 0.25) is 0 Å². The first-order valence-electron chi connectivity index (χ1n) is 6.34. The molecule has 0 radical (unpaired) electrons. The number of amides is 2.